The molecule has 0 aliphatic heterocycles. The predicted octanol–water partition coefficient (Wildman–Crippen LogP) is 3.43. The maximum atomic E-state index is 5.03. The van der Waals surface area contributed by atoms with E-state index in [9.17, 15) is 0 Å². The topological polar surface area (TPSA) is 13.1 Å². The first-order valence-corrected chi connectivity index (χ1v) is 6.51. The molecule has 0 amide bonds. The Balaban J connectivity index is 2.84. The summed E-state index contributed by atoms with van der Waals surface area (Å²) in [6, 6.07) is 1.82. The fourth-order valence-electron chi connectivity index (χ4n) is 0.449. The lowest BCUT2D eigenvalue weighted by Gasteiger charge is -1.78. The molecule has 0 unspecified atom stereocenters. The van der Waals surface area contributed by atoms with Gasteiger partial charge < -0.3 is 4.42 Å². The molecule has 1 aromatic rings. The summed E-state index contributed by atoms with van der Waals surface area (Å²) in [6.45, 7) is 0. The third kappa shape index (κ3) is 2.22. The van der Waals surface area contributed by atoms with E-state index >= 15 is 0 Å². The van der Waals surface area contributed by atoms with Crippen LogP contribution in [-0.2, 0) is 0 Å². The van der Waals surface area contributed by atoms with Crippen molar-refractivity contribution < 1.29 is 4.42 Å². The van der Waals surface area contributed by atoms with Gasteiger partial charge in [0.05, 0.1) is 10.7 Å². The van der Waals surface area contributed by atoms with Gasteiger partial charge in [-0.1, -0.05) is 0 Å². The molecule has 4 heteroatoms. The molecule has 0 spiro atoms. The third-order valence-corrected chi connectivity index (χ3v) is 2.28. The van der Waals surface area contributed by atoms with Crippen LogP contribution in [0.3, 0.4) is 0 Å². The smallest absolute Gasteiger partial charge is 0.191 e. The molecular formula is C6H2BrIOS. The van der Waals surface area contributed by atoms with E-state index in [1.165, 1.54) is 8.93 Å². The molecule has 0 saturated carbocycles. The van der Waals surface area contributed by atoms with Crippen LogP contribution < -0.4 is 0 Å². The Bertz CT molecular complexity index is 273. The fraction of sp³-hybridized carbons (Fsp3) is 0. The van der Waals surface area contributed by atoms with Crippen molar-refractivity contribution in [3.05, 3.63) is 22.6 Å². The van der Waals surface area contributed by atoms with Gasteiger partial charge in [-0.3, -0.25) is 0 Å². The van der Waals surface area contributed by atoms with Gasteiger partial charge in [0.1, 0.15) is 0 Å². The van der Waals surface area contributed by atoms with E-state index < -0.39 is 0 Å². The largest absolute Gasteiger partial charge is 0.455 e. The number of rotatable bonds is 0. The Morgan fingerprint density at radius 1 is 1.70 bits per heavy atom. The van der Waals surface area contributed by atoms with Crippen LogP contribution in [0.5, 0.6) is 0 Å². The fourth-order valence-corrected chi connectivity index (χ4v) is 1.21. The minimum Gasteiger partial charge on any atom is -0.455 e. The van der Waals surface area contributed by atoms with Crippen LogP contribution in [0, 0.1) is 11.2 Å². The average Bonchev–Trinajstić information content (AvgIpc) is 2.31. The van der Waals surface area contributed by atoms with E-state index in [2.05, 4.69) is 48.3 Å². The lowest BCUT2D eigenvalue weighted by Crippen LogP contribution is -1.63. The Kier molecular flexibility index (Phi) is 3.66. The quantitative estimate of drug-likeness (QED) is 0.534. The van der Waals surface area contributed by atoms with Crippen molar-refractivity contribution in [3.8, 4) is 11.2 Å². The predicted molar refractivity (Wildman–Crippen MR) is 54.9 cm³/mol. The summed E-state index contributed by atoms with van der Waals surface area (Å²) >= 11 is 5.40. The van der Waals surface area contributed by atoms with Gasteiger partial charge in [-0.2, -0.15) is 0 Å². The first kappa shape index (κ1) is 8.50. The molecule has 1 nitrogen and oxygen atoms in total. The van der Waals surface area contributed by atoms with Crippen LogP contribution in [0.15, 0.2) is 21.2 Å². The van der Waals surface area contributed by atoms with Crippen LogP contribution in [0.2, 0.25) is 0 Å². The molecule has 10 heavy (non-hydrogen) atoms. The summed E-state index contributed by atoms with van der Waals surface area (Å²) in [4.78, 5) is 0. The van der Waals surface area contributed by atoms with Crippen molar-refractivity contribution in [3.63, 3.8) is 0 Å². The molecule has 0 saturated heterocycles. The molecule has 1 heterocycles. The zero-order valence-corrected chi connectivity index (χ0v) is 9.29. The standard InChI is InChI=1S/C6H2BrIOS/c7-5-1-3-9-6(5)2-4-10-8/h1,3H. The molecule has 0 aromatic carbocycles. The van der Waals surface area contributed by atoms with Crippen LogP contribution in [-0.4, -0.2) is 0 Å². The van der Waals surface area contributed by atoms with Crippen molar-refractivity contribution in [2.24, 2.45) is 0 Å². The van der Waals surface area contributed by atoms with Crippen LogP contribution in [0.25, 0.3) is 0 Å². The molecular weight excluding hydrogens is 327 g/mol. The minimum absolute atomic E-state index is 0.684. The van der Waals surface area contributed by atoms with Crippen molar-refractivity contribution >= 4 is 46.1 Å². The number of hydrogen-bond donors (Lipinski definition) is 0. The van der Waals surface area contributed by atoms with E-state index in [0.717, 1.165) is 4.47 Å². The van der Waals surface area contributed by atoms with Gasteiger partial charge in [-0.25, -0.2) is 0 Å². The van der Waals surface area contributed by atoms with Gasteiger partial charge in [0.2, 0.25) is 0 Å². The van der Waals surface area contributed by atoms with E-state index in [1.54, 1.807) is 6.26 Å². The van der Waals surface area contributed by atoms with Crippen molar-refractivity contribution in [1.29, 1.82) is 0 Å². The lowest BCUT2D eigenvalue weighted by molar-refractivity contribution is 0.553. The molecule has 0 atom stereocenters. The van der Waals surface area contributed by atoms with Gasteiger partial charge in [0.15, 0.2) is 5.76 Å². The van der Waals surface area contributed by atoms with Crippen molar-refractivity contribution in [2.75, 3.05) is 0 Å². The van der Waals surface area contributed by atoms with Crippen molar-refractivity contribution in [1.82, 2.24) is 0 Å². The summed E-state index contributed by atoms with van der Waals surface area (Å²) in [7, 11) is 1.44. The zero-order valence-electron chi connectivity index (χ0n) is 4.73. The molecule has 0 radical (unpaired) electrons. The normalized spacial score (nSPS) is 8.60. The summed E-state index contributed by atoms with van der Waals surface area (Å²) in [5, 5.41) is 2.82. The van der Waals surface area contributed by atoms with E-state index in [1.807, 2.05) is 6.07 Å². The second-order valence-electron chi connectivity index (χ2n) is 1.40. The Hall–Kier alpha value is 0.400. The van der Waals surface area contributed by atoms with E-state index in [-0.39, 0.29) is 0 Å². The highest BCUT2D eigenvalue weighted by atomic mass is 127. The van der Waals surface area contributed by atoms with Gasteiger partial charge in [-0.15, -0.1) is 0 Å². The first-order valence-electron chi connectivity index (χ1n) is 2.36. The van der Waals surface area contributed by atoms with Crippen LogP contribution in [0.4, 0.5) is 0 Å². The molecule has 0 fully saturated rings. The SMILES string of the molecule is Brc1ccoc1C#CSI. The first-order chi connectivity index (χ1) is 4.84. The molecule has 0 bridgehead atoms. The van der Waals surface area contributed by atoms with Gasteiger partial charge >= 0.3 is 0 Å². The van der Waals surface area contributed by atoms with Crippen molar-refractivity contribution in [2.45, 2.75) is 0 Å². The lowest BCUT2D eigenvalue weighted by atomic mass is 10.5. The molecule has 1 aromatic heterocycles. The van der Waals surface area contributed by atoms with E-state index in [0.29, 0.717) is 5.76 Å². The van der Waals surface area contributed by atoms with Gasteiger partial charge in [-0.05, 0) is 42.1 Å². The summed E-state index contributed by atoms with van der Waals surface area (Å²) in [6.07, 6.45) is 1.60. The molecule has 0 aliphatic carbocycles. The van der Waals surface area contributed by atoms with Crippen LogP contribution >= 0.6 is 46.1 Å². The molecule has 1 rings (SSSR count). The Morgan fingerprint density at radius 2 is 2.50 bits per heavy atom. The molecule has 52 valence electrons. The summed E-state index contributed by atoms with van der Waals surface area (Å²) < 4.78 is 5.94. The second kappa shape index (κ2) is 4.31. The highest BCUT2D eigenvalue weighted by molar-refractivity contribution is 14.2. The highest BCUT2D eigenvalue weighted by Gasteiger charge is 1.96. The Labute approximate surface area is 83.7 Å². The monoisotopic (exact) mass is 328 g/mol. The second-order valence-corrected chi connectivity index (χ2v) is 3.94. The molecule has 0 N–H and O–H groups in total. The van der Waals surface area contributed by atoms with Gasteiger partial charge in [0, 0.05) is 21.2 Å². The number of furan rings is 1. The van der Waals surface area contributed by atoms with Crippen LogP contribution in [0.1, 0.15) is 5.76 Å². The zero-order chi connectivity index (χ0) is 7.40. The highest BCUT2D eigenvalue weighted by Crippen LogP contribution is 2.17. The maximum Gasteiger partial charge on any atom is 0.191 e. The Morgan fingerprint density at radius 3 is 3.00 bits per heavy atom. The van der Waals surface area contributed by atoms with E-state index in [4.69, 9.17) is 4.42 Å². The molecule has 0 aliphatic rings. The average molecular weight is 329 g/mol. The summed E-state index contributed by atoms with van der Waals surface area (Å²) in [5.74, 6) is 3.52. The third-order valence-electron chi connectivity index (χ3n) is 0.820. The minimum atomic E-state index is 0.684. The maximum absolute atomic E-state index is 5.03. The number of halogens is 2. The summed E-state index contributed by atoms with van der Waals surface area (Å²) in [5.41, 5.74) is 0. The number of hydrogen-bond acceptors (Lipinski definition) is 2. The van der Waals surface area contributed by atoms with Gasteiger partial charge in [0.25, 0.3) is 0 Å².